The molecule has 1 heteroatoms. The molecule has 1 fully saturated rings. The van der Waals surface area contributed by atoms with Crippen LogP contribution in [0.2, 0.25) is 0 Å². The molecule has 1 heterocycles. The van der Waals surface area contributed by atoms with E-state index in [4.69, 9.17) is 0 Å². The second kappa shape index (κ2) is 7.31. The standard InChI is InChI=1S/C20H27N/c1-16(2)17(3)11-12-18(4)19-9-8-10-20(15-19)21-13-6-5-7-14-21/h8-12,15H,4-7,13-14H2,1-3H3/b12-11-. The molecule has 0 spiro atoms. The second-order valence-corrected chi connectivity index (χ2v) is 6.14. The third-order valence-corrected chi connectivity index (χ3v) is 4.26. The van der Waals surface area contributed by atoms with Crippen LogP contribution in [0.5, 0.6) is 0 Å². The lowest BCUT2D eigenvalue weighted by atomic mass is 10.0. The van der Waals surface area contributed by atoms with Gasteiger partial charge in [0, 0.05) is 18.8 Å². The molecule has 1 saturated heterocycles. The zero-order chi connectivity index (χ0) is 15.2. The summed E-state index contributed by atoms with van der Waals surface area (Å²) in [6, 6.07) is 8.78. The normalized spacial score (nSPS) is 15.3. The number of anilines is 1. The van der Waals surface area contributed by atoms with Gasteiger partial charge in [0.25, 0.3) is 0 Å². The molecule has 0 radical (unpaired) electrons. The lowest BCUT2D eigenvalue weighted by Gasteiger charge is -2.29. The predicted octanol–water partition coefficient (Wildman–Crippen LogP) is 5.60. The van der Waals surface area contributed by atoms with Crippen molar-refractivity contribution in [1.82, 2.24) is 0 Å². The summed E-state index contributed by atoms with van der Waals surface area (Å²) in [5, 5.41) is 0. The molecule has 2 rings (SSSR count). The number of benzene rings is 1. The van der Waals surface area contributed by atoms with Gasteiger partial charge in [0.15, 0.2) is 0 Å². The molecule has 0 bridgehead atoms. The van der Waals surface area contributed by atoms with Crippen LogP contribution in [0.4, 0.5) is 5.69 Å². The minimum Gasteiger partial charge on any atom is -0.372 e. The first kappa shape index (κ1) is 15.6. The van der Waals surface area contributed by atoms with Gasteiger partial charge < -0.3 is 4.90 Å². The fourth-order valence-corrected chi connectivity index (χ4v) is 2.54. The third-order valence-electron chi connectivity index (χ3n) is 4.26. The minimum atomic E-state index is 1.08. The first-order valence-corrected chi connectivity index (χ1v) is 7.94. The Morgan fingerprint density at radius 1 is 1.05 bits per heavy atom. The highest BCUT2D eigenvalue weighted by Crippen LogP contribution is 2.24. The van der Waals surface area contributed by atoms with Crippen LogP contribution < -0.4 is 4.90 Å². The van der Waals surface area contributed by atoms with Gasteiger partial charge in [-0.1, -0.05) is 42.0 Å². The van der Waals surface area contributed by atoms with Gasteiger partial charge in [-0.15, -0.1) is 0 Å². The maximum Gasteiger partial charge on any atom is 0.0372 e. The minimum absolute atomic E-state index is 1.08. The third kappa shape index (κ3) is 4.35. The average molecular weight is 281 g/mol. The zero-order valence-electron chi connectivity index (χ0n) is 13.7. The summed E-state index contributed by atoms with van der Waals surface area (Å²) in [5.74, 6) is 0. The summed E-state index contributed by atoms with van der Waals surface area (Å²) in [5.41, 5.74) is 6.29. The van der Waals surface area contributed by atoms with Crippen molar-refractivity contribution in [1.29, 1.82) is 0 Å². The Morgan fingerprint density at radius 3 is 2.43 bits per heavy atom. The van der Waals surface area contributed by atoms with Crippen LogP contribution in [-0.4, -0.2) is 13.1 Å². The van der Waals surface area contributed by atoms with E-state index in [2.05, 4.69) is 68.7 Å². The highest BCUT2D eigenvalue weighted by Gasteiger charge is 2.11. The van der Waals surface area contributed by atoms with Crippen LogP contribution >= 0.6 is 0 Å². The first-order valence-electron chi connectivity index (χ1n) is 7.94. The highest BCUT2D eigenvalue weighted by molar-refractivity contribution is 5.74. The molecule has 112 valence electrons. The average Bonchev–Trinajstić information content (AvgIpc) is 2.53. The first-order chi connectivity index (χ1) is 10.1. The van der Waals surface area contributed by atoms with Crippen LogP contribution in [0.1, 0.15) is 45.6 Å². The van der Waals surface area contributed by atoms with E-state index in [0.717, 1.165) is 5.57 Å². The fourth-order valence-electron chi connectivity index (χ4n) is 2.54. The molecule has 0 saturated carbocycles. The molecule has 1 aliphatic heterocycles. The molecule has 0 aliphatic carbocycles. The zero-order valence-corrected chi connectivity index (χ0v) is 13.7. The van der Waals surface area contributed by atoms with E-state index in [-0.39, 0.29) is 0 Å². The largest absolute Gasteiger partial charge is 0.372 e. The van der Waals surface area contributed by atoms with Gasteiger partial charge in [-0.2, -0.15) is 0 Å². The molecule has 0 amide bonds. The molecule has 0 atom stereocenters. The Balaban J connectivity index is 2.13. The maximum atomic E-state index is 4.21. The van der Waals surface area contributed by atoms with Gasteiger partial charge >= 0.3 is 0 Å². The number of piperidine rings is 1. The second-order valence-electron chi connectivity index (χ2n) is 6.14. The van der Waals surface area contributed by atoms with E-state index in [9.17, 15) is 0 Å². The lowest BCUT2D eigenvalue weighted by Crippen LogP contribution is -2.29. The number of allylic oxidation sites excluding steroid dienone is 5. The van der Waals surface area contributed by atoms with E-state index in [1.54, 1.807) is 0 Å². The van der Waals surface area contributed by atoms with Crippen molar-refractivity contribution in [2.75, 3.05) is 18.0 Å². The van der Waals surface area contributed by atoms with Gasteiger partial charge in [0.2, 0.25) is 0 Å². The fraction of sp³-hybridized carbons (Fsp3) is 0.400. The Bertz CT molecular complexity index is 553. The molecule has 1 aromatic carbocycles. The molecule has 0 unspecified atom stereocenters. The molecule has 21 heavy (non-hydrogen) atoms. The summed E-state index contributed by atoms with van der Waals surface area (Å²) in [7, 11) is 0. The Kier molecular flexibility index (Phi) is 5.44. The summed E-state index contributed by atoms with van der Waals surface area (Å²) >= 11 is 0. The van der Waals surface area contributed by atoms with Crippen molar-refractivity contribution in [2.45, 2.75) is 40.0 Å². The summed E-state index contributed by atoms with van der Waals surface area (Å²) in [4.78, 5) is 2.49. The molecule has 1 aliphatic rings. The SMILES string of the molecule is C=C(/C=C\C(C)=C(C)C)c1cccc(N2CCCCC2)c1. The molecular formula is C20H27N. The van der Waals surface area contributed by atoms with Crippen LogP contribution in [0.15, 0.2) is 54.1 Å². The van der Waals surface area contributed by atoms with E-state index in [0.29, 0.717) is 0 Å². The van der Waals surface area contributed by atoms with Crippen molar-refractivity contribution >= 4 is 11.3 Å². The lowest BCUT2D eigenvalue weighted by molar-refractivity contribution is 0.578. The van der Waals surface area contributed by atoms with Gasteiger partial charge in [-0.05, 0) is 63.3 Å². The van der Waals surface area contributed by atoms with Gasteiger partial charge in [-0.25, -0.2) is 0 Å². The summed E-state index contributed by atoms with van der Waals surface area (Å²) < 4.78 is 0. The van der Waals surface area contributed by atoms with Crippen molar-refractivity contribution in [3.63, 3.8) is 0 Å². The number of hydrogen-bond acceptors (Lipinski definition) is 1. The molecule has 0 N–H and O–H groups in total. The predicted molar refractivity (Wildman–Crippen MR) is 94.7 cm³/mol. The van der Waals surface area contributed by atoms with Crippen LogP contribution in [-0.2, 0) is 0 Å². The Hall–Kier alpha value is -1.76. The van der Waals surface area contributed by atoms with E-state index < -0.39 is 0 Å². The summed E-state index contributed by atoms with van der Waals surface area (Å²) in [6.07, 6.45) is 8.27. The van der Waals surface area contributed by atoms with Gasteiger partial charge in [0.1, 0.15) is 0 Å². The van der Waals surface area contributed by atoms with E-state index >= 15 is 0 Å². The number of rotatable bonds is 4. The highest BCUT2D eigenvalue weighted by atomic mass is 15.1. The molecule has 1 nitrogen and oxygen atoms in total. The maximum absolute atomic E-state index is 4.21. The number of hydrogen-bond donors (Lipinski definition) is 0. The Morgan fingerprint density at radius 2 is 1.76 bits per heavy atom. The van der Waals surface area contributed by atoms with Crippen molar-refractivity contribution in [3.05, 3.63) is 59.7 Å². The molecule has 0 aromatic heterocycles. The van der Waals surface area contributed by atoms with Crippen LogP contribution in [0, 0.1) is 0 Å². The summed E-state index contributed by atoms with van der Waals surface area (Å²) in [6.45, 7) is 13.0. The molecule has 1 aromatic rings. The smallest absolute Gasteiger partial charge is 0.0372 e. The van der Waals surface area contributed by atoms with Crippen molar-refractivity contribution in [2.24, 2.45) is 0 Å². The quantitative estimate of drug-likeness (QED) is 0.649. The molecular weight excluding hydrogens is 254 g/mol. The topological polar surface area (TPSA) is 3.24 Å². The monoisotopic (exact) mass is 281 g/mol. The number of nitrogens with zero attached hydrogens (tertiary/aromatic N) is 1. The Labute approximate surface area is 129 Å². The van der Waals surface area contributed by atoms with Crippen LogP contribution in [0.3, 0.4) is 0 Å². The van der Waals surface area contributed by atoms with Crippen molar-refractivity contribution < 1.29 is 0 Å². The van der Waals surface area contributed by atoms with E-state index in [1.165, 1.54) is 54.7 Å². The van der Waals surface area contributed by atoms with Crippen LogP contribution in [0.25, 0.3) is 5.57 Å². The van der Waals surface area contributed by atoms with Gasteiger partial charge in [0.05, 0.1) is 0 Å². The van der Waals surface area contributed by atoms with Gasteiger partial charge in [-0.3, -0.25) is 0 Å². The van der Waals surface area contributed by atoms with Crippen molar-refractivity contribution in [3.8, 4) is 0 Å². The van der Waals surface area contributed by atoms with E-state index in [1.807, 2.05) is 0 Å².